The fourth-order valence-corrected chi connectivity index (χ4v) is 1.44. The first kappa shape index (κ1) is 11.0. The van der Waals surface area contributed by atoms with Crippen molar-refractivity contribution in [1.29, 1.82) is 0 Å². The molecule has 0 fully saturated rings. The maximum Gasteiger partial charge on any atom is 0.255 e. The second-order valence-corrected chi connectivity index (χ2v) is 3.91. The van der Waals surface area contributed by atoms with Crippen LogP contribution in [0.4, 0.5) is 0 Å². The first-order chi connectivity index (χ1) is 6.65. The largest absolute Gasteiger partial charge is 0.507 e. The number of halogens is 1. The van der Waals surface area contributed by atoms with Crippen molar-refractivity contribution in [2.45, 2.75) is 0 Å². The van der Waals surface area contributed by atoms with Crippen LogP contribution in [0.2, 0.25) is 0 Å². The molecule has 4 heteroatoms. The molecule has 0 spiro atoms. The van der Waals surface area contributed by atoms with Crippen LogP contribution in [0.1, 0.15) is 10.4 Å². The first-order valence-electron chi connectivity index (χ1n) is 4.02. The number of phenols is 1. The van der Waals surface area contributed by atoms with Crippen LogP contribution in [-0.4, -0.2) is 17.6 Å². The molecule has 0 atom stereocenters. The third-order valence-corrected chi connectivity index (χ3v) is 2.28. The van der Waals surface area contributed by atoms with Gasteiger partial charge in [-0.15, -0.1) is 6.58 Å². The van der Waals surface area contributed by atoms with Gasteiger partial charge in [0.25, 0.3) is 5.91 Å². The van der Waals surface area contributed by atoms with E-state index in [0.717, 1.165) is 3.57 Å². The maximum absolute atomic E-state index is 11.5. The standard InChI is InChI=1S/C10H10INO2/c1-2-5-12-10(14)8-6-7(11)3-4-9(8)13/h2-4,6,13H,1,5H2,(H,12,14). The van der Waals surface area contributed by atoms with Gasteiger partial charge >= 0.3 is 0 Å². The van der Waals surface area contributed by atoms with Gasteiger partial charge in [0.05, 0.1) is 5.56 Å². The molecule has 0 saturated carbocycles. The summed E-state index contributed by atoms with van der Waals surface area (Å²) in [6.07, 6.45) is 1.59. The predicted molar refractivity (Wildman–Crippen MR) is 63.4 cm³/mol. The minimum absolute atomic E-state index is 0.00743. The second kappa shape index (κ2) is 4.99. The van der Waals surface area contributed by atoms with E-state index >= 15 is 0 Å². The lowest BCUT2D eigenvalue weighted by Gasteiger charge is -2.04. The number of benzene rings is 1. The van der Waals surface area contributed by atoms with Crippen LogP contribution in [-0.2, 0) is 0 Å². The highest BCUT2D eigenvalue weighted by Gasteiger charge is 2.09. The summed E-state index contributed by atoms with van der Waals surface area (Å²) in [5.41, 5.74) is 0.291. The minimum atomic E-state index is -0.291. The Hall–Kier alpha value is -1.04. The van der Waals surface area contributed by atoms with E-state index in [9.17, 15) is 9.90 Å². The molecule has 1 aromatic carbocycles. The summed E-state index contributed by atoms with van der Waals surface area (Å²) in [7, 11) is 0. The lowest BCUT2D eigenvalue weighted by atomic mass is 10.2. The molecule has 0 aliphatic heterocycles. The molecule has 0 bridgehead atoms. The van der Waals surface area contributed by atoms with Crippen LogP contribution < -0.4 is 5.32 Å². The van der Waals surface area contributed by atoms with Crippen molar-refractivity contribution in [3.05, 3.63) is 40.0 Å². The van der Waals surface area contributed by atoms with Gasteiger partial charge in [0, 0.05) is 10.1 Å². The van der Waals surface area contributed by atoms with E-state index in [2.05, 4.69) is 34.5 Å². The predicted octanol–water partition coefficient (Wildman–Crippen LogP) is 1.91. The number of carbonyl (C=O) groups is 1. The summed E-state index contributed by atoms with van der Waals surface area (Å²) in [6, 6.07) is 4.87. The van der Waals surface area contributed by atoms with E-state index in [1.54, 1.807) is 18.2 Å². The number of phenolic OH excluding ortho intramolecular Hbond substituents is 1. The van der Waals surface area contributed by atoms with E-state index in [4.69, 9.17) is 0 Å². The van der Waals surface area contributed by atoms with Crippen LogP contribution in [0.3, 0.4) is 0 Å². The summed E-state index contributed by atoms with van der Waals surface area (Å²) in [5.74, 6) is -0.298. The molecule has 0 aromatic heterocycles. The molecular formula is C10H10INO2. The van der Waals surface area contributed by atoms with Crippen LogP contribution in [0.15, 0.2) is 30.9 Å². The quantitative estimate of drug-likeness (QED) is 0.662. The number of aromatic hydroxyl groups is 1. The summed E-state index contributed by atoms with van der Waals surface area (Å²) < 4.78 is 0.907. The first-order valence-corrected chi connectivity index (χ1v) is 5.10. The summed E-state index contributed by atoms with van der Waals surface area (Å²) in [6.45, 7) is 3.88. The van der Waals surface area contributed by atoms with Gasteiger partial charge in [-0.3, -0.25) is 4.79 Å². The zero-order chi connectivity index (χ0) is 10.6. The molecule has 1 aromatic rings. The molecule has 3 nitrogen and oxygen atoms in total. The molecule has 1 rings (SSSR count). The molecule has 0 radical (unpaired) electrons. The molecule has 1 amide bonds. The normalized spacial score (nSPS) is 9.50. The molecule has 0 heterocycles. The van der Waals surface area contributed by atoms with Crippen LogP contribution >= 0.6 is 22.6 Å². The minimum Gasteiger partial charge on any atom is -0.507 e. The fraction of sp³-hybridized carbons (Fsp3) is 0.100. The Bertz CT molecular complexity index is 363. The summed E-state index contributed by atoms with van der Waals surface area (Å²) in [5, 5.41) is 12.0. The van der Waals surface area contributed by atoms with Crippen molar-refractivity contribution < 1.29 is 9.90 Å². The van der Waals surface area contributed by atoms with E-state index < -0.39 is 0 Å². The molecule has 74 valence electrons. The van der Waals surface area contributed by atoms with Gasteiger partial charge in [0.2, 0.25) is 0 Å². The van der Waals surface area contributed by atoms with Gasteiger partial charge in [-0.1, -0.05) is 6.08 Å². The van der Waals surface area contributed by atoms with E-state index in [1.807, 2.05) is 0 Å². The van der Waals surface area contributed by atoms with Crippen molar-refractivity contribution >= 4 is 28.5 Å². The Morgan fingerprint density at radius 2 is 2.36 bits per heavy atom. The highest BCUT2D eigenvalue weighted by Crippen LogP contribution is 2.19. The van der Waals surface area contributed by atoms with Crippen LogP contribution in [0.25, 0.3) is 0 Å². The smallest absolute Gasteiger partial charge is 0.255 e. The van der Waals surface area contributed by atoms with Crippen LogP contribution in [0.5, 0.6) is 5.75 Å². The SMILES string of the molecule is C=CCNC(=O)c1cc(I)ccc1O. The lowest BCUT2D eigenvalue weighted by molar-refractivity contribution is 0.0955. The Labute approximate surface area is 96.0 Å². The number of carbonyl (C=O) groups excluding carboxylic acids is 1. The van der Waals surface area contributed by atoms with Crippen molar-refractivity contribution in [2.75, 3.05) is 6.54 Å². The molecule has 0 unspecified atom stereocenters. The van der Waals surface area contributed by atoms with Gasteiger partial charge in [-0.2, -0.15) is 0 Å². The van der Waals surface area contributed by atoms with Crippen molar-refractivity contribution in [2.24, 2.45) is 0 Å². The third kappa shape index (κ3) is 2.73. The van der Waals surface area contributed by atoms with Crippen LogP contribution in [0, 0.1) is 3.57 Å². The van der Waals surface area contributed by atoms with Crippen molar-refractivity contribution in [3.8, 4) is 5.75 Å². The Morgan fingerprint density at radius 1 is 1.64 bits per heavy atom. The molecule has 0 aliphatic rings. The highest BCUT2D eigenvalue weighted by atomic mass is 127. The fourth-order valence-electron chi connectivity index (χ4n) is 0.950. The molecular weight excluding hydrogens is 293 g/mol. The monoisotopic (exact) mass is 303 g/mol. The maximum atomic E-state index is 11.5. The van der Waals surface area contributed by atoms with Gasteiger partial charge in [-0.25, -0.2) is 0 Å². The zero-order valence-corrected chi connectivity index (χ0v) is 9.61. The van der Waals surface area contributed by atoms with E-state index in [0.29, 0.717) is 12.1 Å². The summed E-state index contributed by atoms with van der Waals surface area (Å²) in [4.78, 5) is 11.5. The number of nitrogens with one attached hydrogen (secondary N) is 1. The van der Waals surface area contributed by atoms with Crippen molar-refractivity contribution in [3.63, 3.8) is 0 Å². The van der Waals surface area contributed by atoms with Gasteiger partial charge in [0.1, 0.15) is 5.75 Å². The highest BCUT2D eigenvalue weighted by molar-refractivity contribution is 14.1. The Kier molecular flexibility index (Phi) is 3.94. The van der Waals surface area contributed by atoms with Crippen molar-refractivity contribution in [1.82, 2.24) is 5.32 Å². The van der Waals surface area contributed by atoms with Gasteiger partial charge in [-0.05, 0) is 40.8 Å². The van der Waals surface area contributed by atoms with E-state index in [1.165, 1.54) is 6.07 Å². The Morgan fingerprint density at radius 3 is 3.00 bits per heavy atom. The number of hydrogen-bond acceptors (Lipinski definition) is 2. The topological polar surface area (TPSA) is 49.3 Å². The van der Waals surface area contributed by atoms with Gasteiger partial charge < -0.3 is 10.4 Å². The van der Waals surface area contributed by atoms with Gasteiger partial charge in [0.15, 0.2) is 0 Å². The molecule has 0 aliphatic carbocycles. The number of hydrogen-bond donors (Lipinski definition) is 2. The molecule has 0 saturated heterocycles. The Balaban J connectivity index is 2.88. The average molecular weight is 303 g/mol. The zero-order valence-electron chi connectivity index (χ0n) is 7.46. The number of amides is 1. The number of rotatable bonds is 3. The second-order valence-electron chi connectivity index (χ2n) is 2.66. The average Bonchev–Trinajstić information content (AvgIpc) is 2.18. The summed E-state index contributed by atoms with van der Waals surface area (Å²) >= 11 is 2.08. The molecule has 2 N–H and O–H groups in total. The molecule has 14 heavy (non-hydrogen) atoms. The third-order valence-electron chi connectivity index (χ3n) is 1.61. The lowest BCUT2D eigenvalue weighted by Crippen LogP contribution is -2.23. The van der Waals surface area contributed by atoms with E-state index in [-0.39, 0.29) is 11.7 Å².